The van der Waals surface area contributed by atoms with Crippen LogP contribution in [0.25, 0.3) is 6.08 Å². The Labute approximate surface area is 124 Å². The van der Waals surface area contributed by atoms with Crippen LogP contribution in [-0.2, 0) is 0 Å². The molecule has 0 saturated heterocycles. The second kappa shape index (κ2) is 3.80. The van der Waals surface area contributed by atoms with Crippen LogP contribution in [0.4, 0.5) is 8.63 Å². The van der Waals surface area contributed by atoms with Crippen molar-refractivity contribution in [1.29, 1.82) is 0 Å². The molecule has 3 rings (SSSR count). The molecule has 3 heterocycles. The second-order valence-electron chi connectivity index (χ2n) is 5.22. The fourth-order valence-electron chi connectivity index (χ4n) is 2.91. The fraction of sp³-hybridized carbons (Fsp3) is 0.308. The van der Waals surface area contributed by atoms with Crippen molar-refractivity contribution in [3.63, 3.8) is 0 Å². The maximum absolute atomic E-state index is 14.9. The molecule has 19 heavy (non-hydrogen) atoms. The zero-order valence-corrected chi connectivity index (χ0v) is 13.4. The highest BCUT2D eigenvalue weighted by Crippen LogP contribution is 2.40. The normalized spacial score (nSPS) is 20.7. The molecule has 2 nitrogen and oxygen atoms in total. The van der Waals surface area contributed by atoms with Gasteiger partial charge in [0, 0.05) is 24.3 Å². The van der Waals surface area contributed by atoms with E-state index in [0.717, 1.165) is 14.7 Å². The molecule has 2 aliphatic rings. The van der Waals surface area contributed by atoms with Crippen LogP contribution in [0.5, 0.6) is 0 Å². The van der Waals surface area contributed by atoms with Gasteiger partial charge in [0.05, 0.1) is 3.58 Å². The highest BCUT2D eigenvalue weighted by Gasteiger charge is 2.53. The SMILES string of the molecule is CC1=C(I)C2=Cc3cc(C)c(C)n3[B-](F)(F)[N+]2=C1C. The number of halogens is 3. The highest BCUT2D eigenvalue weighted by molar-refractivity contribution is 14.1. The minimum Gasteiger partial charge on any atom is -0.394 e. The van der Waals surface area contributed by atoms with Gasteiger partial charge in [0.25, 0.3) is 0 Å². The number of nitrogens with zero attached hydrogens (tertiary/aromatic N) is 2. The number of aromatic nitrogens is 1. The maximum atomic E-state index is 14.9. The minimum absolute atomic E-state index is 0.600. The van der Waals surface area contributed by atoms with E-state index in [9.17, 15) is 8.63 Å². The Morgan fingerprint density at radius 1 is 1.21 bits per heavy atom. The molecule has 0 spiro atoms. The van der Waals surface area contributed by atoms with E-state index in [4.69, 9.17) is 0 Å². The van der Waals surface area contributed by atoms with E-state index in [0.29, 0.717) is 22.8 Å². The molecular weight excluding hydrogens is 360 g/mol. The van der Waals surface area contributed by atoms with Crippen molar-refractivity contribution in [2.24, 2.45) is 0 Å². The standard InChI is InChI=1S/C13H14BF2IN2/c1-7-5-11-6-12-13(17)8(2)10(4)19(12)14(15,16)18(11)9(7)3/h5-6H,1-4H3. The molecule has 0 bridgehead atoms. The van der Waals surface area contributed by atoms with E-state index in [1.165, 1.54) is 8.96 Å². The van der Waals surface area contributed by atoms with E-state index in [2.05, 4.69) is 22.6 Å². The molecule has 0 atom stereocenters. The van der Waals surface area contributed by atoms with Gasteiger partial charge in [-0.15, -0.1) is 0 Å². The fourth-order valence-corrected chi connectivity index (χ4v) is 3.72. The van der Waals surface area contributed by atoms with Gasteiger partial charge < -0.3 is 17.6 Å². The van der Waals surface area contributed by atoms with Crippen molar-refractivity contribution in [2.45, 2.75) is 27.7 Å². The van der Waals surface area contributed by atoms with Crippen LogP contribution in [0.3, 0.4) is 0 Å². The number of allylic oxidation sites excluding steroid dienone is 2. The first-order chi connectivity index (χ1) is 8.76. The third-order valence-electron chi connectivity index (χ3n) is 4.20. The zero-order chi connectivity index (χ0) is 14.1. The van der Waals surface area contributed by atoms with Gasteiger partial charge in [0.1, 0.15) is 5.71 Å². The summed E-state index contributed by atoms with van der Waals surface area (Å²) in [7, 11) is 0. The summed E-state index contributed by atoms with van der Waals surface area (Å²) in [5.74, 6) is 0. The van der Waals surface area contributed by atoms with Crippen LogP contribution in [-0.4, -0.2) is 21.6 Å². The summed E-state index contributed by atoms with van der Waals surface area (Å²) in [4.78, 5) is 0. The molecule has 1 aromatic rings. The average molecular weight is 374 g/mol. The molecule has 0 radical (unpaired) electrons. The van der Waals surface area contributed by atoms with Crippen molar-refractivity contribution in [2.75, 3.05) is 0 Å². The van der Waals surface area contributed by atoms with Crippen molar-refractivity contribution < 1.29 is 13.1 Å². The predicted molar refractivity (Wildman–Crippen MR) is 82.9 cm³/mol. The van der Waals surface area contributed by atoms with Crippen molar-refractivity contribution in [3.05, 3.63) is 37.9 Å². The molecular formula is C13H14BF2IN2. The molecule has 2 aliphatic heterocycles. The number of fused-ring (bicyclic) bond motifs is 2. The van der Waals surface area contributed by atoms with Gasteiger partial charge in [-0.05, 0) is 60.7 Å². The largest absolute Gasteiger partial charge is 0.737 e. The quantitative estimate of drug-likeness (QED) is 0.481. The first kappa shape index (κ1) is 13.1. The van der Waals surface area contributed by atoms with Gasteiger partial charge in [-0.25, -0.2) is 0 Å². The summed E-state index contributed by atoms with van der Waals surface area (Å²) < 4.78 is 33.1. The van der Waals surface area contributed by atoms with Gasteiger partial charge in [-0.1, -0.05) is 0 Å². The lowest BCUT2D eigenvalue weighted by Crippen LogP contribution is -2.50. The Morgan fingerprint density at radius 2 is 1.84 bits per heavy atom. The lowest BCUT2D eigenvalue weighted by molar-refractivity contribution is -0.361. The van der Waals surface area contributed by atoms with Gasteiger partial charge in [-0.3, -0.25) is 0 Å². The smallest absolute Gasteiger partial charge is 0.394 e. The maximum Gasteiger partial charge on any atom is 0.737 e. The van der Waals surface area contributed by atoms with E-state index in [-0.39, 0.29) is 0 Å². The summed E-state index contributed by atoms with van der Waals surface area (Å²) in [5, 5.41) is 0. The summed E-state index contributed by atoms with van der Waals surface area (Å²) >= 11 is 2.15. The molecule has 0 unspecified atom stereocenters. The third-order valence-corrected chi connectivity index (χ3v) is 5.56. The Balaban J connectivity index is 2.39. The first-order valence-electron chi connectivity index (χ1n) is 6.19. The van der Waals surface area contributed by atoms with Crippen LogP contribution >= 0.6 is 22.6 Å². The molecule has 6 heteroatoms. The van der Waals surface area contributed by atoms with Crippen molar-refractivity contribution >= 4 is 41.3 Å². The number of rotatable bonds is 0. The van der Waals surface area contributed by atoms with Gasteiger partial charge in [-0.2, -0.15) is 0 Å². The molecule has 100 valence electrons. The van der Waals surface area contributed by atoms with Gasteiger partial charge >= 0.3 is 6.97 Å². The highest BCUT2D eigenvalue weighted by atomic mass is 127. The predicted octanol–water partition coefficient (Wildman–Crippen LogP) is 3.88. The van der Waals surface area contributed by atoms with Gasteiger partial charge in [0.2, 0.25) is 0 Å². The van der Waals surface area contributed by atoms with Crippen molar-refractivity contribution in [1.82, 2.24) is 4.48 Å². The topological polar surface area (TPSA) is 7.94 Å². The Hall–Kier alpha value is -0.915. The Kier molecular flexibility index (Phi) is 2.62. The molecule has 0 aliphatic carbocycles. The van der Waals surface area contributed by atoms with E-state index in [1.807, 2.05) is 26.0 Å². The van der Waals surface area contributed by atoms with Crippen molar-refractivity contribution in [3.8, 4) is 0 Å². The van der Waals surface area contributed by atoms with Crippen LogP contribution < -0.4 is 0 Å². The molecule has 0 fully saturated rings. The van der Waals surface area contributed by atoms with Gasteiger partial charge in [0.15, 0.2) is 5.70 Å². The number of aryl methyl sites for hydroxylation is 1. The van der Waals surface area contributed by atoms with Crippen LogP contribution in [0.15, 0.2) is 20.9 Å². The average Bonchev–Trinajstić information content (AvgIpc) is 2.72. The minimum atomic E-state index is -3.80. The summed E-state index contributed by atoms with van der Waals surface area (Å²) in [6, 6.07) is 1.84. The van der Waals surface area contributed by atoms with Crippen LogP contribution in [0.2, 0.25) is 0 Å². The van der Waals surface area contributed by atoms with Crippen LogP contribution in [0, 0.1) is 13.8 Å². The molecule has 0 amide bonds. The summed E-state index contributed by atoms with van der Waals surface area (Å²) in [5.41, 5.74) is 4.37. The summed E-state index contributed by atoms with van der Waals surface area (Å²) in [6.45, 7) is 3.50. The molecule has 0 N–H and O–H groups in total. The Morgan fingerprint density at radius 3 is 2.47 bits per heavy atom. The lowest BCUT2D eigenvalue weighted by Gasteiger charge is -2.30. The summed E-state index contributed by atoms with van der Waals surface area (Å²) in [6.07, 6.45) is 1.86. The second-order valence-corrected chi connectivity index (χ2v) is 6.30. The zero-order valence-electron chi connectivity index (χ0n) is 11.3. The lowest BCUT2D eigenvalue weighted by atomic mass is 9.91. The monoisotopic (exact) mass is 374 g/mol. The first-order valence-corrected chi connectivity index (χ1v) is 7.27. The number of hydrogen-bond acceptors (Lipinski definition) is 0. The Bertz CT molecular complexity index is 710. The molecule has 0 aromatic carbocycles. The van der Waals surface area contributed by atoms with E-state index in [1.54, 1.807) is 13.8 Å². The van der Waals surface area contributed by atoms with Crippen LogP contribution in [0.1, 0.15) is 30.8 Å². The van der Waals surface area contributed by atoms with E-state index >= 15 is 0 Å². The molecule has 0 saturated carbocycles. The molecule has 1 aromatic heterocycles. The van der Waals surface area contributed by atoms with E-state index < -0.39 is 6.97 Å². The third kappa shape index (κ3) is 1.49. The number of hydrogen-bond donors (Lipinski definition) is 0.